The molecule has 0 unspecified atom stereocenters. The molecule has 1 aliphatic rings. The second kappa shape index (κ2) is 4.02. The van der Waals surface area contributed by atoms with Gasteiger partial charge in [0.2, 0.25) is 6.79 Å². The van der Waals surface area contributed by atoms with Crippen LogP contribution in [0.15, 0.2) is 60.7 Å². The Morgan fingerprint density at radius 2 is 1.37 bits per heavy atom. The zero-order valence-corrected chi connectivity index (χ0v) is 10.3. The van der Waals surface area contributed by atoms with Gasteiger partial charge >= 0.3 is 0 Å². The largest absolute Gasteiger partial charge is 0.454 e. The monoisotopic (exact) mass is 248 g/mol. The minimum Gasteiger partial charge on any atom is -0.454 e. The second-order valence-corrected chi connectivity index (χ2v) is 4.63. The van der Waals surface area contributed by atoms with Gasteiger partial charge in [-0.2, -0.15) is 0 Å². The maximum absolute atomic E-state index is 5.43. The minimum absolute atomic E-state index is 0.317. The van der Waals surface area contributed by atoms with Crippen LogP contribution in [0.3, 0.4) is 0 Å². The predicted molar refractivity (Wildman–Crippen MR) is 75.5 cm³/mol. The fourth-order valence-electron chi connectivity index (χ4n) is 2.45. The molecule has 19 heavy (non-hydrogen) atoms. The van der Waals surface area contributed by atoms with E-state index in [1.165, 1.54) is 21.9 Å². The third-order valence-electron chi connectivity index (χ3n) is 3.44. The Balaban J connectivity index is 1.90. The second-order valence-electron chi connectivity index (χ2n) is 4.63. The maximum Gasteiger partial charge on any atom is 0.231 e. The third-order valence-corrected chi connectivity index (χ3v) is 3.44. The highest BCUT2D eigenvalue weighted by Crippen LogP contribution is 2.37. The van der Waals surface area contributed by atoms with Crippen molar-refractivity contribution in [1.82, 2.24) is 0 Å². The van der Waals surface area contributed by atoms with Crippen molar-refractivity contribution in [3.05, 3.63) is 60.7 Å². The van der Waals surface area contributed by atoms with E-state index in [0.29, 0.717) is 6.79 Å². The normalized spacial score (nSPS) is 12.8. The topological polar surface area (TPSA) is 18.5 Å². The van der Waals surface area contributed by atoms with Crippen LogP contribution in [0.2, 0.25) is 0 Å². The van der Waals surface area contributed by atoms with Crippen LogP contribution in [-0.2, 0) is 0 Å². The molecule has 0 amide bonds. The Morgan fingerprint density at radius 3 is 2.16 bits per heavy atom. The number of ether oxygens (including phenoxy) is 2. The molecule has 0 saturated carbocycles. The standard InChI is InChI=1S/C17H12O2/c1-2-4-12(5-3-1)13-6-7-14-9-16-17(19-11-18-16)10-15(14)8-13/h1-10H,11H2. The van der Waals surface area contributed by atoms with Crippen molar-refractivity contribution in [2.45, 2.75) is 0 Å². The summed E-state index contributed by atoms with van der Waals surface area (Å²) in [5.74, 6) is 1.66. The molecule has 2 nitrogen and oxygen atoms in total. The van der Waals surface area contributed by atoms with Gasteiger partial charge in [-0.1, -0.05) is 42.5 Å². The van der Waals surface area contributed by atoms with Crippen molar-refractivity contribution in [2.75, 3.05) is 6.79 Å². The van der Waals surface area contributed by atoms with Crippen LogP contribution in [0.25, 0.3) is 21.9 Å². The maximum atomic E-state index is 5.43. The molecule has 0 aliphatic carbocycles. The molecule has 0 radical (unpaired) electrons. The lowest BCUT2D eigenvalue weighted by Crippen LogP contribution is -1.92. The average Bonchev–Trinajstić information content (AvgIpc) is 2.92. The van der Waals surface area contributed by atoms with E-state index in [1.807, 2.05) is 18.2 Å². The van der Waals surface area contributed by atoms with Gasteiger partial charge in [-0.05, 0) is 40.1 Å². The van der Waals surface area contributed by atoms with Crippen LogP contribution < -0.4 is 9.47 Å². The molecule has 4 rings (SSSR count). The van der Waals surface area contributed by atoms with E-state index in [-0.39, 0.29) is 0 Å². The lowest BCUT2D eigenvalue weighted by atomic mass is 10.0. The third kappa shape index (κ3) is 1.73. The van der Waals surface area contributed by atoms with Gasteiger partial charge in [-0.25, -0.2) is 0 Å². The van der Waals surface area contributed by atoms with E-state index in [9.17, 15) is 0 Å². The predicted octanol–water partition coefficient (Wildman–Crippen LogP) is 4.24. The number of fused-ring (bicyclic) bond motifs is 2. The lowest BCUT2D eigenvalue weighted by molar-refractivity contribution is 0.174. The number of rotatable bonds is 1. The summed E-state index contributed by atoms with van der Waals surface area (Å²) in [6.45, 7) is 0.317. The molecule has 3 aromatic carbocycles. The molecule has 0 saturated heterocycles. The highest BCUT2D eigenvalue weighted by atomic mass is 16.7. The van der Waals surface area contributed by atoms with Gasteiger partial charge in [0.05, 0.1) is 0 Å². The zero-order valence-electron chi connectivity index (χ0n) is 10.3. The number of hydrogen-bond donors (Lipinski definition) is 0. The van der Waals surface area contributed by atoms with E-state index in [0.717, 1.165) is 11.5 Å². The summed E-state index contributed by atoms with van der Waals surface area (Å²) < 4.78 is 10.8. The van der Waals surface area contributed by atoms with E-state index >= 15 is 0 Å². The van der Waals surface area contributed by atoms with Gasteiger partial charge in [0.15, 0.2) is 11.5 Å². The summed E-state index contributed by atoms with van der Waals surface area (Å²) >= 11 is 0. The number of hydrogen-bond acceptors (Lipinski definition) is 2. The Morgan fingerprint density at radius 1 is 0.632 bits per heavy atom. The Hall–Kier alpha value is -2.48. The average molecular weight is 248 g/mol. The summed E-state index contributed by atoms with van der Waals surface area (Å²) in [5, 5.41) is 2.34. The van der Waals surface area contributed by atoms with Crippen molar-refractivity contribution >= 4 is 10.8 Å². The summed E-state index contributed by atoms with van der Waals surface area (Å²) in [5.41, 5.74) is 2.44. The van der Waals surface area contributed by atoms with Crippen LogP contribution >= 0.6 is 0 Å². The van der Waals surface area contributed by atoms with Crippen LogP contribution in [0.4, 0.5) is 0 Å². The Bertz CT molecular complexity index is 748. The first-order valence-corrected chi connectivity index (χ1v) is 6.29. The van der Waals surface area contributed by atoms with E-state index in [2.05, 4.69) is 42.5 Å². The van der Waals surface area contributed by atoms with Gasteiger partial charge in [0.25, 0.3) is 0 Å². The van der Waals surface area contributed by atoms with Crippen LogP contribution in [0, 0.1) is 0 Å². The molecule has 0 fully saturated rings. The smallest absolute Gasteiger partial charge is 0.231 e. The molecule has 0 atom stereocenters. The van der Waals surface area contributed by atoms with Crippen molar-refractivity contribution in [1.29, 1.82) is 0 Å². The molecule has 3 aromatic rings. The van der Waals surface area contributed by atoms with E-state index < -0.39 is 0 Å². The Kier molecular flexibility index (Phi) is 2.21. The number of benzene rings is 3. The SMILES string of the molecule is c1ccc(-c2ccc3cc4c(cc3c2)OCO4)cc1. The van der Waals surface area contributed by atoms with E-state index in [1.54, 1.807) is 0 Å². The van der Waals surface area contributed by atoms with Crippen molar-refractivity contribution in [3.63, 3.8) is 0 Å². The molecular weight excluding hydrogens is 236 g/mol. The van der Waals surface area contributed by atoms with Gasteiger partial charge < -0.3 is 9.47 Å². The van der Waals surface area contributed by atoms with Crippen LogP contribution in [0.1, 0.15) is 0 Å². The molecule has 0 aromatic heterocycles. The quantitative estimate of drug-likeness (QED) is 0.641. The summed E-state index contributed by atoms with van der Waals surface area (Å²) in [6, 6.07) is 20.9. The summed E-state index contributed by atoms with van der Waals surface area (Å²) in [6.07, 6.45) is 0. The van der Waals surface area contributed by atoms with Crippen LogP contribution in [0.5, 0.6) is 11.5 Å². The molecule has 0 N–H and O–H groups in total. The molecular formula is C17H12O2. The molecule has 0 bridgehead atoms. The Labute approximate surface area is 111 Å². The first kappa shape index (κ1) is 10.4. The van der Waals surface area contributed by atoms with Crippen LogP contribution in [-0.4, -0.2) is 6.79 Å². The lowest BCUT2D eigenvalue weighted by Gasteiger charge is -2.05. The molecule has 2 heteroatoms. The molecule has 1 aliphatic heterocycles. The molecule has 92 valence electrons. The molecule has 0 spiro atoms. The highest BCUT2D eigenvalue weighted by Gasteiger charge is 2.14. The fourth-order valence-corrected chi connectivity index (χ4v) is 2.45. The van der Waals surface area contributed by atoms with Crippen molar-refractivity contribution in [2.24, 2.45) is 0 Å². The van der Waals surface area contributed by atoms with Gasteiger partial charge in [0.1, 0.15) is 0 Å². The van der Waals surface area contributed by atoms with Crippen molar-refractivity contribution in [3.8, 4) is 22.6 Å². The first-order chi connectivity index (χ1) is 9.40. The summed E-state index contributed by atoms with van der Waals surface area (Å²) in [4.78, 5) is 0. The van der Waals surface area contributed by atoms with E-state index in [4.69, 9.17) is 9.47 Å². The van der Waals surface area contributed by atoms with Gasteiger partial charge in [-0.3, -0.25) is 0 Å². The first-order valence-electron chi connectivity index (χ1n) is 6.29. The van der Waals surface area contributed by atoms with Gasteiger partial charge in [-0.15, -0.1) is 0 Å². The molecule has 1 heterocycles. The van der Waals surface area contributed by atoms with Crippen molar-refractivity contribution < 1.29 is 9.47 Å². The summed E-state index contributed by atoms with van der Waals surface area (Å²) in [7, 11) is 0. The highest BCUT2D eigenvalue weighted by molar-refractivity contribution is 5.90. The fraction of sp³-hybridized carbons (Fsp3) is 0.0588. The zero-order chi connectivity index (χ0) is 12.7. The minimum atomic E-state index is 0.317. The van der Waals surface area contributed by atoms with Gasteiger partial charge in [0, 0.05) is 0 Å².